The Balaban J connectivity index is 1.72. The highest BCUT2D eigenvalue weighted by Gasteiger charge is 2.22. The molecule has 0 saturated heterocycles. The second kappa shape index (κ2) is 8.76. The summed E-state index contributed by atoms with van der Waals surface area (Å²) >= 11 is 1.15. The number of amides is 1. The van der Waals surface area contributed by atoms with Gasteiger partial charge in [-0.05, 0) is 48.5 Å². The van der Waals surface area contributed by atoms with E-state index in [1.165, 1.54) is 40.7 Å². The van der Waals surface area contributed by atoms with Crippen LogP contribution in [-0.2, 0) is 10.0 Å². The number of aromatic nitrogens is 2. The largest absolute Gasteiger partial charge is 0.296 e. The second-order valence-corrected chi connectivity index (χ2v) is 8.90. The number of rotatable bonds is 7. The molecule has 0 aliphatic carbocycles. The summed E-state index contributed by atoms with van der Waals surface area (Å²) in [5.41, 5.74) is 0.984. The minimum atomic E-state index is -3.58. The number of carbonyl (C=O) groups is 1. The van der Waals surface area contributed by atoms with Gasteiger partial charge in [0.15, 0.2) is 0 Å². The van der Waals surface area contributed by atoms with Gasteiger partial charge in [-0.2, -0.15) is 4.31 Å². The maximum Gasteiger partial charge on any atom is 0.257 e. The molecule has 1 heterocycles. The number of anilines is 1. The highest BCUT2D eigenvalue weighted by Crippen LogP contribution is 2.26. The smallest absolute Gasteiger partial charge is 0.257 e. The summed E-state index contributed by atoms with van der Waals surface area (Å²) in [4.78, 5) is 12.6. The molecule has 0 aliphatic rings. The van der Waals surface area contributed by atoms with Crippen LogP contribution < -0.4 is 5.32 Å². The normalized spacial score (nSPS) is 11.6. The summed E-state index contributed by atoms with van der Waals surface area (Å²) in [5, 5.41) is 11.4. The number of hydrogen-bond acceptors (Lipinski definition) is 6. The van der Waals surface area contributed by atoms with Crippen LogP contribution in [0.4, 0.5) is 9.52 Å². The number of nitrogens with one attached hydrogen (secondary N) is 1. The average molecular weight is 435 g/mol. The molecule has 0 bridgehead atoms. The van der Waals surface area contributed by atoms with E-state index in [0.29, 0.717) is 29.2 Å². The van der Waals surface area contributed by atoms with Gasteiger partial charge >= 0.3 is 0 Å². The minimum Gasteiger partial charge on any atom is -0.296 e. The second-order valence-electron chi connectivity index (χ2n) is 5.99. The van der Waals surface area contributed by atoms with E-state index in [1.54, 1.807) is 26.0 Å². The fourth-order valence-corrected chi connectivity index (χ4v) is 4.85. The molecule has 7 nitrogen and oxygen atoms in total. The van der Waals surface area contributed by atoms with E-state index in [1.807, 2.05) is 0 Å². The van der Waals surface area contributed by atoms with Crippen LogP contribution in [-0.4, -0.2) is 41.9 Å². The molecule has 3 rings (SSSR count). The summed E-state index contributed by atoms with van der Waals surface area (Å²) in [6.07, 6.45) is 0. The molecule has 1 amide bonds. The van der Waals surface area contributed by atoms with Crippen molar-refractivity contribution in [2.75, 3.05) is 18.4 Å². The van der Waals surface area contributed by atoms with Crippen LogP contribution in [0.15, 0.2) is 53.4 Å². The Kier molecular flexibility index (Phi) is 6.36. The highest BCUT2D eigenvalue weighted by atomic mass is 32.2. The number of carbonyl (C=O) groups excluding carboxylic acids is 1. The van der Waals surface area contributed by atoms with Crippen LogP contribution in [0, 0.1) is 5.82 Å². The van der Waals surface area contributed by atoms with Crippen LogP contribution in [0.3, 0.4) is 0 Å². The van der Waals surface area contributed by atoms with Gasteiger partial charge in [-0.1, -0.05) is 25.2 Å². The van der Waals surface area contributed by atoms with Crippen LogP contribution in [0.25, 0.3) is 10.6 Å². The van der Waals surface area contributed by atoms with Crippen LogP contribution >= 0.6 is 11.3 Å². The average Bonchev–Trinajstić information content (AvgIpc) is 3.17. The van der Waals surface area contributed by atoms with Crippen LogP contribution in [0.2, 0.25) is 0 Å². The van der Waals surface area contributed by atoms with Gasteiger partial charge in [-0.15, -0.1) is 10.2 Å². The lowest BCUT2D eigenvalue weighted by molar-refractivity contribution is 0.102. The standard InChI is InChI=1S/C19H19FN4O3S2/c1-3-24(4-2)29(26,27)16-11-7-13(8-12-16)17(25)21-19-23-22-18(28-19)14-5-9-15(20)10-6-14/h5-12H,3-4H2,1-2H3,(H,21,23,25). The van der Waals surface area contributed by atoms with E-state index in [0.717, 1.165) is 11.3 Å². The third-order valence-corrected chi connectivity index (χ3v) is 7.15. The Morgan fingerprint density at radius 3 is 2.24 bits per heavy atom. The van der Waals surface area contributed by atoms with Gasteiger partial charge in [-0.3, -0.25) is 10.1 Å². The molecule has 29 heavy (non-hydrogen) atoms. The molecule has 0 radical (unpaired) electrons. The van der Waals surface area contributed by atoms with Gasteiger partial charge in [0.2, 0.25) is 15.2 Å². The van der Waals surface area contributed by atoms with Crippen molar-refractivity contribution in [3.63, 3.8) is 0 Å². The fourth-order valence-electron chi connectivity index (χ4n) is 2.64. The number of sulfonamides is 1. The van der Waals surface area contributed by atoms with Crippen molar-refractivity contribution >= 4 is 32.4 Å². The van der Waals surface area contributed by atoms with Crippen molar-refractivity contribution in [2.24, 2.45) is 0 Å². The molecule has 1 aromatic heterocycles. The molecule has 1 N–H and O–H groups in total. The summed E-state index contributed by atoms with van der Waals surface area (Å²) in [6, 6.07) is 11.5. The molecule has 2 aromatic carbocycles. The van der Waals surface area contributed by atoms with E-state index in [2.05, 4.69) is 15.5 Å². The lowest BCUT2D eigenvalue weighted by atomic mass is 10.2. The topological polar surface area (TPSA) is 92.3 Å². The first-order chi connectivity index (χ1) is 13.8. The van der Waals surface area contributed by atoms with Crippen molar-refractivity contribution in [1.29, 1.82) is 0 Å². The molecule has 0 unspecified atom stereocenters. The summed E-state index contributed by atoms with van der Waals surface area (Å²) in [7, 11) is -3.58. The molecule has 0 spiro atoms. The number of hydrogen-bond donors (Lipinski definition) is 1. The van der Waals surface area contributed by atoms with Crippen molar-refractivity contribution in [3.05, 3.63) is 59.9 Å². The van der Waals surface area contributed by atoms with E-state index in [4.69, 9.17) is 0 Å². The lowest BCUT2D eigenvalue weighted by Crippen LogP contribution is -2.30. The molecule has 0 atom stereocenters. The van der Waals surface area contributed by atoms with E-state index < -0.39 is 15.9 Å². The van der Waals surface area contributed by atoms with Crippen LogP contribution in [0.1, 0.15) is 24.2 Å². The Hall–Kier alpha value is -2.69. The Labute approximate surface area is 172 Å². The minimum absolute atomic E-state index is 0.132. The van der Waals surface area contributed by atoms with Crippen molar-refractivity contribution in [2.45, 2.75) is 18.7 Å². The third-order valence-electron chi connectivity index (χ3n) is 4.20. The molecule has 0 fully saturated rings. The number of benzene rings is 2. The molecular weight excluding hydrogens is 415 g/mol. The zero-order valence-corrected chi connectivity index (χ0v) is 17.4. The summed E-state index contributed by atoms with van der Waals surface area (Å²) in [6.45, 7) is 4.28. The molecule has 152 valence electrons. The van der Waals surface area contributed by atoms with Gasteiger partial charge in [-0.25, -0.2) is 12.8 Å². The lowest BCUT2D eigenvalue weighted by Gasteiger charge is -2.18. The van der Waals surface area contributed by atoms with E-state index in [-0.39, 0.29) is 15.8 Å². The predicted molar refractivity (Wildman–Crippen MR) is 110 cm³/mol. The van der Waals surface area contributed by atoms with Gasteiger partial charge in [0.05, 0.1) is 4.90 Å². The van der Waals surface area contributed by atoms with Gasteiger partial charge in [0, 0.05) is 24.2 Å². The molecule has 10 heteroatoms. The van der Waals surface area contributed by atoms with Gasteiger partial charge in [0.25, 0.3) is 5.91 Å². The molecular formula is C19H19FN4O3S2. The molecule has 0 saturated carbocycles. The Bertz CT molecular complexity index is 1090. The monoisotopic (exact) mass is 434 g/mol. The fraction of sp³-hybridized carbons (Fsp3) is 0.211. The predicted octanol–water partition coefficient (Wildman–Crippen LogP) is 3.63. The zero-order chi connectivity index (χ0) is 21.0. The van der Waals surface area contributed by atoms with Crippen molar-refractivity contribution < 1.29 is 17.6 Å². The summed E-state index contributed by atoms with van der Waals surface area (Å²) in [5.74, 6) is -0.781. The number of halogens is 1. The summed E-state index contributed by atoms with van der Waals surface area (Å²) < 4.78 is 39.4. The van der Waals surface area contributed by atoms with Crippen molar-refractivity contribution in [1.82, 2.24) is 14.5 Å². The Morgan fingerprint density at radius 2 is 1.66 bits per heavy atom. The Morgan fingerprint density at radius 1 is 1.03 bits per heavy atom. The third kappa shape index (κ3) is 4.66. The SMILES string of the molecule is CCN(CC)S(=O)(=O)c1ccc(C(=O)Nc2nnc(-c3ccc(F)cc3)s2)cc1. The number of nitrogens with zero attached hydrogens (tertiary/aromatic N) is 3. The maximum atomic E-state index is 13.0. The van der Waals surface area contributed by atoms with Gasteiger partial charge in [0.1, 0.15) is 10.8 Å². The maximum absolute atomic E-state index is 13.0. The van der Waals surface area contributed by atoms with E-state index in [9.17, 15) is 17.6 Å². The first kappa shape index (κ1) is 21.0. The van der Waals surface area contributed by atoms with Crippen molar-refractivity contribution in [3.8, 4) is 10.6 Å². The first-order valence-corrected chi connectivity index (χ1v) is 11.1. The first-order valence-electron chi connectivity index (χ1n) is 8.86. The highest BCUT2D eigenvalue weighted by molar-refractivity contribution is 7.89. The molecule has 3 aromatic rings. The zero-order valence-electron chi connectivity index (χ0n) is 15.8. The molecule has 0 aliphatic heterocycles. The van der Waals surface area contributed by atoms with Gasteiger partial charge < -0.3 is 0 Å². The van der Waals surface area contributed by atoms with E-state index >= 15 is 0 Å². The van der Waals surface area contributed by atoms with Crippen LogP contribution in [0.5, 0.6) is 0 Å². The quantitative estimate of drug-likeness (QED) is 0.613.